The third kappa shape index (κ3) is 3.16. The number of rotatable bonds is 3. The van der Waals surface area contributed by atoms with Gasteiger partial charge in [0.05, 0.1) is 6.54 Å². The predicted molar refractivity (Wildman–Crippen MR) is 103 cm³/mol. The van der Waals surface area contributed by atoms with E-state index in [1.165, 1.54) is 6.33 Å². The smallest absolute Gasteiger partial charge is 0.137 e. The molecule has 1 aliphatic rings. The highest BCUT2D eigenvalue weighted by molar-refractivity contribution is 6.35. The Labute approximate surface area is 161 Å². The van der Waals surface area contributed by atoms with Crippen molar-refractivity contribution < 1.29 is 5.11 Å². The van der Waals surface area contributed by atoms with Gasteiger partial charge in [-0.3, -0.25) is 0 Å². The molecule has 1 atom stereocenters. The normalized spacial score (nSPS) is 21.0. The summed E-state index contributed by atoms with van der Waals surface area (Å²) in [7, 11) is 0. The molecule has 1 aromatic heterocycles. The third-order valence-electron chi connectivity index (χ3n) is 4.81. The highest BCUT2D eigenvalue weighted by Crippen LogP contribution is 2.42. The van der Waals surface area contributed by atoms with E-state index in [-0.39, 0.29) is 0 Å². The standard InChI is InChI=1S/C20H17Cl2N3O/c21-17-8-6-15(19(22)10-17)9-16-7-5-14-3-1-2-4-18(14)20(16,26)11-25-13-23-12-24-25/h1-4,6,8-10,12-13,26H,5,7,11H2/b16-9-/t20-/m0/s1. The summed E-state index contributed by atoms with van der Waals surface area (Å²) >= 11 is 12.4. The van der Waals surface area contributed by atoms with Gasteiger partial charge >= 0.3 is 0 Å². The van der Waals surface area contributed by atoms with E-state index in [0.717, 1.165) is 35.1 Å². The zero-order valence-electron chi connectivity index (χ0n) is 13.9. The molecule has 0 aliphatic heterocycles. The van der Waals surface area contributed by atoms with Gasteiger partial charge in [-0.05, 0) is 47.2 Å². The molecule has 0 radical (unpaired) electrons. The number of nitrogens with zero attached hydrogens (tertiary/aromatic N) is 3. The summed E-state index contributed by atoms with van der Waals surface area (Å²) in [6, 6.07) is 13.4. The van der Waals surface area contributed by atoms with Gasteiger partial charge in [0.25, 0.3) is 0 Å². The number of benzene rings is 2. The summed E-state index contributed by atoms with van der Waals surface area (Å²) in [5, 5.41) is 17.1. The Morgan fingerprint density at radius 2 is 2.00 bits per heavy atom. The van der Waals surface area contributed by atoms with Crippen molar-refractivity contribution in [3.05, 3.63) is 87.4 Å². The minimum absolute atomic E-state index is 0.293. The van der Waals surface area contributed by atoms with Crippen molar-refractivity contribution in [1.82, 2.24) is 14.8 Å². The Hall–Kier alpha value is -2.14. The van der Waals surface area contributed by atoms with Crippen LogP contribution in [0.1, 0.15) is 23.1 Å². The number of fused-ring (bicyclic) bond motifs is 1. The first kappa shape index (κ1) is 17.3. The fraction of sp³-hybridized carbons (Fsp3) is 0.200. The highest BCUT2D eigenvalue weighted by atomic mass is 35.5. The largest absolute Gasteiger partial charge is 0.379 e. The summed E-state index contributed by atoms with van der Waals surface area (Å²) in [5.41, 5.74) is 2.61. The van der Waals surface area contributed by atoms with E-state index in [4.69, 9.17) is 23.2 Å². The molecule has 0 fully saturated rings. The zero-order chi connectivity index (χ0) is 18.1. The topological polar surface area (TPSA) is 50.9 Å². The average Bonchev–Trinajstić information content (AvgIpc) is 3.12. The van der Waals surface area contributed by atoms with Crippen molar-refractivity contribution in [2.24, 2.45) is 0 Å². The van der Waals surface area contributed by atoms with Crippen LogP contribution < -0.4 is 0 Å². The number of aromatic nitrogens is 3. The second-order valence-corrected chi connectivity index (χ2v) is 7.29. The summed E-state index contributed by atoms with van der Waals surface area (Å²) in [5.74, 6) is 0. The van der Waals surface area contributed by atoms with Crippen LogP contribution in [0.4, 0.5) is 0 Å². The molecule has 3 aromatic rings. The van der Waals surface area contributed by atoms with E-state index >= 15 is 0 Å². The van der Waals surface area contributed by atoms with Crippen LogP contribution in [0.3, 0.4) is 0 Å². The molecule has 0 saturated carbocycles. The van der Waals surface area contributed by atoms with E-state index < -0.39 is 5.60 Å². The van der Waals surface area contributed by atoms with Crippen molar-refractivity contribution in [2.45, 2.75) is 25.0 Å². The molecule has 2 aromatic carbocycles. The number of hydrogen-bond acceptors (Lipinski definition) is 3. The van der Waals surface area contributed by atoms with E-state index in [1.807, 2.05) is 30.3 Å². The third-order valence-corrected chi connectivity index (χ3v) is 5.37. The van der Waals surface area contributed by atoms with Crippen molar-refractivity contribution in [3.63, 3.8) is 0 Å². The lowest BCUT2D eigenvalue weighted by atomic mass is 9.74. The number of aryl methyl sites for hydroxylation is 1. The van der Waals surface area contributed by atoms with Crippen LogP contribution in [0.25, 0.3) is 6.08 Å². The van der Waals surface area contributed by atoms with Crippen LogP contribution in [0.2, 0.25) is 10.0 Å². The van der Waals surface area contributed by atoms with Crippen molar-refractivity contribution in [3.8, 4) is 0 Å². The molecule has 6 heteroatoms. The molecule has 1 heterocycles. The highest BCUT2D eigenvalue weighted by Gasteiger charge is 2.39. The SMILES string of the molecule is O[C@@]1(Cn2cncn2)/C(=C\c2ccc(Cl)cc2Cl)CCc2ccccc21. The number of hydrogen-bond donors (Lipinski definition) is 1. The summed E-state index contributed by atoms with van der Waals surface area (Å²) in [4.78, 5) is 3.99. The van der Waals surface area contributed by atoms with Gasteiger partial charge in [0, 0.05) is 10.0 Å². The van der Waals surface area contributed by atoms with Gasteiger partial charge in [0.1, 0.15) is 18.3 Å². The molecular formula is C20H17Cl2N3O. The average molecular weight is 386 g/mol. The van der Waals surface area contributed by atoms with Crippen molar-refractivity contribution >= 4 is 29.3 Å². The first-order valence-corrected chi connectivity index (χ1v) is 9.11. The monoisotopic (exact) mass is 385 g/mol. The maximum Gasteiger partial charge on any atom is 0.137 e. The van der Waals surface area contributed by atoms with E-state index in [1.54, 1.807) is 23.1 Å². The van der Waals surface area contributed by atoms with Gasteiger partial charge in [-0.2, -0.15) is 5.10 Å². The molecule has 0 saturated heterocycles. The lowest BCUT2D eigenvalue weighted by Crippen LogP contribution is -2.37. The Bertz CT molecular complexity index is 969. The van der Waals surface area contributed by atoms with Crippen LogP contribution in [0.15, 0.2) is 60.7 Å². The van der Waals surface area contributed by atoms with E-state index in [9.17, 15) is 5.11 Å². The van der Waals surface area contributed by atoms with Crippen molar-refractivity contribution in [2.75, 3.05) is 0 Å². The molecule has 0 bridgehead atoms. The molecule has 0 unspecified atom stereocenters. The fourth-order valence-corrected chi connectivity index (χ4v) is 3.99. The van der Waals surface area contributed by atoms with Gasteiger partial charge in [0.15, 0.2) is 0 Å². The quantitative estimate of drug-likeness (QED) is 0.721. The number of halogens is 2. The Morgan fingerprint density at radius 1 is 1.15 bits per heavy atom. The summed E-state index contributed by atoms with van der Waals surface area (Å²) in [6.07, 6.45) is 6.65. The van der Waals surface area contributed by atoms with Gasteiger partial charge in [-0.25, -0.2) is 9.67 Å². The van der Waals surface area contributed by atoms with Gasteiger partial charge in [-0.1, -0.05) is 59.6 Å². The van der Waals surface area contributed by atoms with Crippen LogP contribution in [0.5, 0.6) is 0 Å². The molecule has 0 amide bonds. The molecule has 132 valence electrons. The van der Waals surface area contributed by atoms with E-state index in [0.29, 0.717) is 16.6 Å². The minimum atomic E-state index is -1.18. The summed E-state index contributed by atoms with van der Waals surface area (Å²) < 4.78 is 1.65. The number of aliphatic hydroxyl groups is 1. The van der Waals surface area contributed by atoms with Crippen LogP contribution in [-0.2, 0) is 18.6 Å². The lowest BCUT2D eigenvalue weighted by molar-refractivity contribution is 0.0456. The van der Waals surface area contributed by atoms with Crippen molar-refractivity contribution in [1.29, 1.82) is 0 Å². The molecule has 26 heavy (non-hydrogen) atoms. The molecule has 4 rings (SSSR count). The maximum atomic E-state index is 11.7. The van der Waals surface area contributed by atoms with Gasteiger partial charge in [0.2, 0.25) is 0 Å². The molecule has 1 N–H and O–H groups in total. The Kier molecular flexibility index (Phi) is 4.57. The van der Waals surface area contributed by atoms with Crippen LogP contribution in [-0.4, -0.2) is 19.9 Å². The second-order valence-electron chi connectivity index (χ2n) is 6.45. The Morgan fingerprint density at radius 3 is 2.77 bits per heavy atom. The van der Waals surface area contributed by atoms with Crippen LogP contribution in [0, 0.1) is 0 Å². The summed E-state index contributed by atoms with van der Waals surface area (Å²) in [6.45, 7) is 0.293. The van der Waals surface area contributed by atoms with Gasteiger partial charge < -0.3 is 5.11 Å². The lowest BCUT2D eigenvalue weighted by Gasteiger charge is -2.37. The first-order chi connectivity index (χ1) is 12.6. The molecular weight excluding hydrogens is 369 g/mol. The predicted octanol–water partition coefficient (Wildman–Crippen LogP) is 4.50. The minimum Gasteiger partial charge on any atom is -0.379 e. The fourth-order valence-electron chi connectivity index (χ4n) is 3.52. The zero-order valence-corrected chi connectivity index (χ0v) is 15.5. The Balaban J connectivity index is 1.83. The molecule has 4 nitrogen and oxygen atoms in total. The van der Waals surface area contributed by atoms with Crippen LogP contribution >= 0.6 is 23.2 Å². The second kappa shape index (κ2) is 6.88. The molecule has 0 spiro atoms. The first-order valence-electron chi connectivity index (χ1n) is 8.35. The van der Waals surface area contributed by atoms with Gasteiger partial charge in [-0.15, -0.1) is 0 Å². The van der Waals surface area contributed by atoms with E-state index in [2.05, 4.69) is 16.1 Å². The molecule has 1 aliphatic carbocycles. The maximum absolute atomic E-state index is 11.7.